The fourth-order valence-corrected chi connectivity index (χ4v) is 3.97. The molecule has 4 heterocycles. The van der Waals surface area contributed by atoms with E-state index in [2.05, 4.69) is 26.3 Å². The number of fused-ring (bicyclic) bond motifs is 3. The van der Waals surface area contributed by atoms with Crippen molar-refractivity contribution < 1.29 is 4.39 Å². The Kier molecular flexibility index (Phi) is 3.85. The van der Waals surface area contributed by atoms with E-state index < -0.39 is 5.67 Å². The predicted molar refractivity (Wildman–Crippen MR) is 106 cm³/mol. The summed E-state index contributed by atoms with van der Waals surface area (Å²) in [5.41, 5.74) is 3.41. The third-order valence-electron chi connectivity index (χ3n) is 5.58. The number of halogens is 1. The Hall–Kier alpha value is -3.30. The van der Waals surface area contributed by atoms with Crippen LogP contribution in [0.4, 0.5) is 4.39 Å². The molecular weight excluding hydrogens is 353 g/mol. The Morgan fingerprint density at radius 3 is 2.50 bits per heavy atom. The molecule has 0 aliphatic carbocycles. The number of pyridine rings is 2. The summed E-state index contributed by atoms with van der Waals surface area (Å²) < 4.78 is 15.2. The van der Waals surface area contributed by atoms with Gasteiger partial charge in [0, 0.05) is 22.5 Å². The molecular formula is C22H18FN5. The summed E-state index contributed by atoms with van der Waals surface area (Å²) in [6, 6.07) is 13.6. The van der Waals surface area contributed by atoms with Crippen LogP contribution < -0.4 is 5.32 Å². The van der Waals surface area contributed by atoms with Crippen molar-refractivity contribution in [1.82, 2.24) is 20.3 Å². The Labute approximate surface area is 161 Å². The van der Waals surface area contributed by atoms with Crippen LogP contribution in [-0.2, 0) is 5.67 Å². The third kappa shape index (κ3) is 2.72. The highest BCUT2D eigenvalue weighted by Crippen LogP contribution is 2.36. The van der Waals surface area contributed by atoms with Gasteiger partial charge in [-0.25, -0.2) is 14.4 Å². The summed E-state index contributed by atoms with van der Waals surface area (Å²) in [7, 11) is 0. The molecule has 1 aliphatic heterocycles. The second-order valence-corrected chi connectivity index (χ2v) is 7.26. The van der Waals surface area contributed by atoms with Gasteiger partial charge in [-0.3, -0.25) is 0 Å². The average molecular weight is 371 g/mol. The molecule has 1 aromatic carbocycles. The van der Waals surface area contributed by atoms with Crippen LogP contribution in [0.3, 0.4) is 0 Å². The largest absolute Gasteiger partial charge is 0.338 e. The highest BCUT2D eigenvalue weighted by Gasteiger charge is 2.33. The van der Waals surface area contributed by atoms with E-state index in [1.54, 1.807) is 18.5 Å². The molecule has 0 atom stereocenters. The first kappa shape index (κ1) is 16.8. The fraction of sp³-hybridized carbons (Fsp3) is 0.227. The molecule has 0 amide bonds. The molecule has 4 aromatic rings. The summed E-state index contributed by atoms with van der Waals surface area (Å²) in [5, 5.41) is 14.2. The molecule has 0 bridgehead atoms. The lowest BCUT2D eigenvalue weighted by molar-refractivity contribution is 0.115. The molecule has 1 aliphatic rings. The van der Waals surface area contributed by atoms with E-state index in [0.717, 1.165) is 38.6 Å². The van der Waals surface area contributed by atoms with Gasteiger partial charge in [0.2, 0.25) is 0 Å². The maximum atomic E-state index is 15.2. The van der Waals surface area contributed by atoms with E-state index in [1.165, 1.54) is 0 Å². The summed E-state index contributed by atoms with van der Waals surface area (Å²) in [6.45, 7) is 1.41. The number of nitriles is 1. The molecule has 0 saturated carbocycles. The van der Waals surface area contributed by atoms with E-state index >= 15 is 4.39 Å². The van der Waals surface area contributed by atoms with Gasteiger partial charge in [0.25, 0.3) is 0 Å². The normalized spacial score (nSPS) is 16.3. The maximum absolute atomic E-state index is 15.2. The number of alkyl halides is 1. The number of nitrogens with zero attached hydrogens (tertiary/aromatic N) is 3. The highest BCUT2D eigenvalue weighted by atomic mass is 19.1. The topological polar surface area (TPSA) is 77.4 Å². The van der Waals surface area contributed by atoms with Crippen molar-refractivity contribution in [2.75, 3.05) is 13.1 Å². The van der Waals surface area contributed by atoms with E-state index in [4.69, 9.17) is 5.26 Å². The molecule has 28 heavy (non-hydrogen) atoms. The number of hydrogen-bond donors (Lipinski definition) is 2. The number of rotatable bonds is 2. The number of benzene rings is 1. The Morgan fingerprint density at radius 2 is 1.75 bits per heavy atom. The lowest BCUT2D eigenvalue weighted by Gasteiger charge is -2.30. The van der Waals surface area contributed by atoms with Gasteiger partial charge in [0.1, 0.15) is 23.1 Å². The first-order valence-electron chi connectivity index (χ1n) is 9.34. The van der Waals surface area contributed by atoms with Crippen molar-refractivity contribution in [2.45, 2.75) is 18.5 Å². The van der Waals surface area contributed by atoms with Crippen LogP contribution in [0.25, 0.3) is 33.1 Å². The Balaban J connectivity index is 1.55. The number of nitrogens with one attached hydrogen (secondary N) is 2. The lowest BCUT2D eigenvalue weighted by atomic mass is 9.86. The first-order valence-corrected chi connectivity index (χ1v) is 9.34. The average Bonchev–Trinajstić information content (AvgIpc) is 3.11. The van der Waals surface area contributed by atoms with Crippen LogP contribution in [0.15, 0.2) is 48.8 Å². The molecule has 5 rings (SSSR count). The van der Waals surface area contributed by atoms with Gasteiger partial charge in [0.15, 0.2) is 0 Å². The van der Waals surface area contributed by atoms with E-state index in [-0.39, 0.29) is 0 Å². The van der Waals surface area contributed by atoms with Crippen LogP contribution in [0, 0.1) is 11.3 Å². The van der Waals surface area contributed by atoms with Crippen molar-refractivity contribution >= 4 is 21.9 Å². The predicted octanol–water partition coefficient (Wildman–Crippen LogP) is 4.20. The summed E-state index contributed by atoms with van der Waals surface area (Å²) in [5.74, 6) is 0. The molecule has 0 unspecified atom stereocenters. The van der Waals surface area contributed by atoms with Gasteiger partial charge in [-0.05, 0) is 49.2 Å². The van der Waals surface area contributed by atoms with Crippen LogP contribution in [-0.4, -0.2) is 28.0 Å². The van der Waals surface area contributed by atoms with E-state index in [0.29, 0.717) is 31.6 Å². The van der Waals surface area contributed by atoms with Crippen molar-refractivity contribution in [3.8, 4) is 17.2 Å². The fourth-order valence-electron chi connectivity index (χ4n) is 3.97. The zero-order valence-electron chi connectivity index (χ0n) is 15.2. The smallest absolute Gasteiger partial charge is 0.141 e. The molecule has 6 heteroatoms. The molecule has 2 N–H and O–H groups in total. The van der Waals surface area contributed by atoms with Crippen molar-refractivity contribution in [3.63, 3.8) is 0 Å². The van der Waals surface area contributed by atoms with Gasteiger partial charge in [0.05, 0.1) is 11.7 Å². The minimum atomic E-state index is -1.25. The van der Waals surface area contributed by atoms with Crippen molar-refractivity contribution in [2.24, 2.45) is 0 Å². The summed E-state index contributed by atoms with van der Waals surface area (Å²) in [6.07, 6.45) is 4.47. The van der Waals surface area contributed by atoms with Crippen molar-refractivity contribution in [1.29, 1.82) is 5.26 Å². The molecule has 0 spiro atoms. The zero-order valence-corrected chi connectivity index (χ0v) is 15.2. The van der Waals surface area contributed by atoms with E-state index in [9.17, 15) is 0 Å². The minimum Gasteiger partial charge on any atom is -0.338 e. The zero-order chi connectivity index (χ0) is 19.1. The molecule has 1 saturated heterocycles. The Bertz CT molecular complexity index is 1210. The standard InChI is InChI=1S/C22H18FN5/c23-22(5-7-25-8-6-22)16-3-1-14(2-4-16)15-9-19-18-10-17(11-24)26-13-20(18)28-21(19)27-12-15/h1-4,9-10,12-13,25H,5-8H2,(H,27,28). The van der Waals surface area contributed by atoms with Crippen LogP contribution in [0.2, 0.25) is 0 Å². The second-order valence-electron chi connectivity index (χ2n) is 7.26. The quantitative estimate of drug-likeness (QED) is 0.554. The van der Waals surface area contributed by atoms with Gasteiger partial charge in [-0.15, -0.1) is 0 Å². The molecule has 3 aromatic heterocycles. The maximum Gasteiger partial charge on any atom is 0.141 e. The van der Waals surface area contributed by atoms with E-state index in [1.807, 2.05) is 30.3 Å². The molecule has 138 valence electrons. The number of aromatic nitrogens is 3. The SMILES string of the molecule is N#Cc1cc2c(cn1)[nH]c1ncc(-c3ccc(C4(F)CCNCC4)cc3)cc12. The summed E-state index contributed by atoms with van der Waals surface area (Å²) in [4.78, 5) is 11.9. The van der Waals surface area contributed by atoms with Gasteiger partial charge >= 0.3 is 0 Å². The number of piperidine rings is 1. The number of aromatic amines is 1. The first-order chi connectivity index (χ1) is 13.7. The van der Waals surface area contributed by atoms with Gasteiger partial charge < -0.3 is 10.3 Å². The number of hydrogen-bond acceptors (Lipinski definition) is 4. The monoisotopic (exact) mass is 371 g/mol. The van der Waals surface area contributed by atoms with Crippen LogP contribution in [0.5, 0.6) is 0 Å². The molecule has 0 radical (unpaired) electrons. The van der Waals surface area contributed by atoms with Gasteiger partial charge in [-0.1, -0.05) is 24.3 Å². The van der Waals surface area contributed by atoms with Crippen LogP contribution in [0.1, 0.15) is 24.1 Å². The summed E-state index contributed by atoms with van der Waals surface area (Å²) >= 11 is 0. The molecule has 1 fully saturated rings. The second kappa shape index (κ2) is 6.39. The Morgan fingerprint density at radius 1 is 0.964 bits per heavy atom. The molecule has 5 nitrogen and oxygen atoms in total. The third-order valence-corrected chi connectivity index (χ3v) is 5.58. The lowest BCUT2D eigenvalue weighted by Crippen LogP contribution is -2.36. The van der Waals surface area contributed by atoms with Crippen molar-refractivity contribution in [3.05, 3.63) is 60.0 Å². The minimum absolute atomic E-state index is 0.373. The number of H-pyrrole nitrogens is 1. The highest BCUT2D eigenvalue weighted by molar-refractivity contribution is 6.06. The van der Waals surface area contributed by atoms with Gasteiger partial charge in [-0.2, -0.15) is 5.26 Å². The van der Waals surface area contributed by atoms with Crippen LogP contribution >= 0.6 is 0 Å².